The molecule has 37 heavy (non-hydrogen) atoms. The molecule has 2 aromatic carbocycles. The van der Waals surface area contributed by atoms with Crippen LogP contribution in [0.4, 0.5) is 13.2 Å². The molecule has 2 aliphatic rings. The summed E-state index contributed by atoms with van der Waals surface area (Å²) >= 11 is 12.0. The zero-order valence-electron chi connectivity index (χ0n) is 20.3. The molecule has 0 bridgehead atoms. The third-order valence-electron chi connectivity index (χ3n) is 7.59. The Balaban J connectivity index is 1.66. The summed E-state index contributed by atoms with van der Waals surface area (Å²) in [7, 11) is 2.41. The molecule has 2 amide bonds. The summed E-state index contributed by atoms with van der Waals surface area (Å²) in [6.45, 7) is 0.416. The van der Waals surface area contributed by atoms with Gasteiger partial charge in [-0.1, -0.05) is 41.4 Å². The maximum atomic E-state index is 14.6. The largest absolute Gasteiger partial charge is 0.496 e. The molecular weight excluding hydrogens is 532 g/mol. The number of hydrogen-bond acceptors (Lipinski definition) is 4. The first kappa shape index (κ1) is 27.5. The average Bonchev–Trinajstić information content (AvgIpc) is 2.84. The number of amides is 2. The zero-order chi connectivity index (χ0) is 27.0. The molecule has 6 nitrogen and oxygen atoms in total. The number of hydrogen-bond donors (Lipinski definition) is 1. The molecule has 2 saturated heterocycles. The van der Waals surface area contributed by atoms with E-state index in [2.05, 4.69) is 5.32 Å². The predicted molar refractivity (Wildman–Crippen MR) is 133 cm³/mol. The number of ether oxygens (including phenoxy) is 2. The van der Waals surface area contributed by atoms with Crippen LogP contribution in [0.5, 0.6) is 5.75 Å². The van der Waals surface area contributed by atoms with E-state index in [1.807, 2.05) is 24.3 Å². The zero-order valence-corrected chi connectivity index (χ0v) is 21.8. The number of nitrogens with zero attached hydrogens (tertiary/aromatic N) is 1. The van der Waals surface area contributed by atoms with E-state index in [9.17, 15) is 22.8 Å². The van der Waals surface area contributed by atoms with Crippen LogP contribution in [0.25, 0.3) is 0 Å². The van der Waals surface area contributed by atoms with Crippen molar-refractivity contribution in [3.8, 4) is 5.75 Å². The number of carbonyl (C=O) groups is 2. The number of likely N-dealkylation sites (tertiary alicyclic amines) is 1. The summed E-state index contributed by atoms with van der Waals surface area (Å²) in [5.41, 5.74) is -3.40. The lowest BCUT2D eigenvalue weighted by molar-refractivity contribution is -0.271. The Labute approximate surface area is 223 Å². The topological polar surface area (TPSA) is 67.9 Å². The van der Waals surface area contributed by atoms with E-state index in [1.54, 1.807) is 7.11 Å². The fourth-order valence-corrected chi connectivity index (χ4v) is 6.25. The van der Waals surface area contributed by atoms with Crippen molar-refractivity contribution in [2.24, 2.45) is 5.41 Å². The van der Waals surface area contributed by atoms with Crippen molar-refractivity contribution < 1.29 is 32.2 Å². The van der Waals surface area contributed by atoms with Gasteiger partial charge in [-0.25, -0.2) is 0 Å². The second-order valence-corrected chi connectivity index (χ2v) is 10.3. The Kier molecular flexibility index (Phi) is 7.70. The summed E-state index contributed by atoms with van der Waals surface area (Å²) in [5, 5.41) is 2.80. The molecule has 0 saturated carbocycles. The number of benzene rings is 2. The Morgan fingerprint density at radius 3 is 2.27 bits per heavy atom. The van der Waals surface area contributed by atoms with Crippen LogP contribution in [0.2, 0.25) is 10.0 Å². The summed E-state index contributed by atoms with van der Waals surface area (Å²) < 4.78 is 54.2. The van der Waals surface area contributed by atoms with Crippen LogP contribution in [0, 0.1) is 5.41 Å². The Morgan fingerprint density at radius 2 is 1.70 bits per heavy atom. The van der Waals surface area contributed by atoms with Gasteiger partial charge in [-0.15, -0.1) is 0 Å². The van der Waals surface area contributed by atoms with Crippen LogP contribution in [-0.4, -0.2) is 56.7 Å². The molecule has 0 unspecified atom stereocenters. The summed E-state index contributed by atoms with van der Waals surface area (Å²) in [5.74, 6) is -0.819. The highest BCUT2D eigenvalue weighted by Gasteiger charge is 2.64. The minimum Gasteiger partial charge on any atom is -0.496 e. The summed E-state index contributed by atoms with van der Waals surface area (Å²) in [6, 6.07) is 10.9. The number of alkyl halides is 3. The normalized spacial score (nSPS) is 21.3. The predicted octanol–water partition coefficient (Wildman–Crippen LogP) is 5.32. The molecule has 4 rings (SSSR count). The van der Waals surface area contributed by atoms with Crippen LogP contribution >= 0.6 is 23.2 Å². The lowest BCUT2D eigenvalue weighted by Crippen LogP contribution is -2.60. The number of methoxy groups -OCH3 is 2. The monoisotopic (exact) mass is 558 g/mol. The number of nitrogens with one attached hydrogen (secondary N) is 1. The fraction of sp³-hybridized carbons (Fsp3) is 0.462. The molecule has 1 spiro atoms. The van der Waals surface area contributed by atoms with Crippen molar-refractivity contribution in [2.75, 3.05) is 33.9 Å². The number of carbonyl (C=O) groups excluding carboxylic acids is 2. The number of piperidine rings is 2. The molecular formula is C26H27Cl2F3N2O4. The van der Waals surface area contributed by atoms with E-state index >= 15 is 0 Å². The van der Waals surface area contributed by atoms with Gasteiger partial charge in [0.25, 0.3) is 11.5 Å². The van der Waals surface area contributed by atoms with E-state index in [1.165, 1.54) is 6.07 Å². The second-order valence-electron chi connectivity index (χ2n) is 9.47. The first-order valence-electron chi connectivity index (χ1n) is 11.7. The number of rotatable bonds is 5. The number of halogens is 5. The van der Waals surface area contributed by atoms with Gasteiger partial charge in [0.2, 0.25) is 5.91 Å². The Morgan fingerprint density at radius 1 is 1.08 bits per heavy atom. The van der Waals surface area contributed by atoms with Gasteiger partial charge >= 0.3 is 6.18 Å². The van der Waals surface area contributed by atoms with Crippen molar-refractivity contribution in [3.05, 3.63) is 63.6 Å². The van der Waals surface area contributed by atoms with E-state index in [-0.39, 0.29) is 41.4 Å². The van der Waals surface area contributed by atoms with Gasteiger partial charge in [-0.05, 0) is 48.1 Å². The van der Waals surface area contributed by atoms with Crippen molar-refractivity contribution in [1.82, 2.24) is 10.2 Å². The van der Waals surface area contributed by atoms with E-state index < -0.39 is 28.7 Å². The van der Waals surface area contributed by atoms with E-state index in [4.69, 9.17) is 32.7 Å². The molecule has 2 aliphatic heterocycles. The maximum Gasteiger partial charge on any atom is 0.430 e. The fourth-order valence-electron chi connectivity index (χ4n) is 5.72. The molecule has 11 heteroatoms. The highest BCUT2D eigenvalue weighted by molar-refractivity contribution is 6.34. The first-order chi connectivity index (χ1) is 17.5. The van der Waals surface area contributed by atoms with Crippen molar-refractivity contribution >= 4 is 35.0 Å². The average molecular weight is 559 g/mol. The molecule has 0 aliphatic carbocycles. The van der Waals surface area contributed by atoms with Crippen LogP contribution < -0.4 is 10.1 Å². The smallest absolute Gasteiger partial charge is 0.430 e. The van der Waals surface area contributed by atoms with Crippen LogP contribution in [-0.2, 0) is 19.9 Å². The second kappa shape index (κ2) is 10.3. The van der Waals surface area contributed by atoms with Gasteiger partial charge in [0.15, 0.2) is 0 Å². The molecule has 2 atom stereocenters. The van der Waals surface area contributed by atoms with Gasteiger partial charge in [-0.2, -0.15) is 13.2 Å². The highest BCUT2D eigenvalue weighted by atomic mass is 35.5. The molecule has 2 aromatic rings. The van der Waals surface area contributed by atoms with Crippen molar-refractivity contribution in [3.63, 3.8) is 0 Å². The van der Waals surface area contributed by atoms with Crippen LogP contribution in [0.1, 0.15) is 36.3 Å². The number of para-hydroxylation sites is 1. The van der Waals surface area contributed by atoms with Crippen molar-refractivity contribution in [2.45, 2.75) is 37.0 Å². The van der Waals surface area contributed by atoms with Gasteiger partial charge in [0, 0.05) is 54.7 Å². The quantitative estimate of drug-likeness (QED) is 0.539. The Hall–Kier alpha value is -2.49. The van der Waals surface area contributed by atoms with Crippen LogP contribution in [0.15, 0.2) is 42.5 Å². The molecule has 2 fully saturated rings. The molecule has 1 N–H and O–H groups in total. The maximum absolute atomic E-state index is 14.6. The van der Waals surface area contributed by atoms with Gasteiger partial charge < -0.3 is 19.7 Å². The lowest BCUT2D eigenvalue weighted by Gasteiger charge is -2.50. The standard InChI is InChI=1S/C26H27Cl2F3N2O4/c1-36-21-6-4-3-5-19(21)20-15-32-22(34)14-24(20)7-9-33(10-8-24)23(35)25(37-2,26(29,30)31)16-11-17(27)13-18(28)12-16/h3-6,11-13,20H,7-10,14-15H2,1-2H3,(H,32,34)/t20-,25-/m0/s1. The first-order valence-corrected chi connectivity index (χ1v) is 12.5. The molecule has 0 radical (unpaired) electrons. The van der Waals surface area contributed by atoms with Gasteiger partial charge in [0.1, 0.15) is 5.75 Å². The summed E-state index contributed by atoms with van der Waals surface area (Å²) in [6.07, 6.45) is -4.21. The molecule has 200 valence electrons. The third-order valence-corrected chi connectivity index (χ3v) is 8.03. The lowest BCUT2D eigenvalue weighted by atomic mass is 9.62. The van der Waals surface area contributed by atoms with Crippen molar-refractivity contribution in [1.29, 1.82) is 0 Å². The van der Waals surface area contributed by atoms with Gasteiger partial charge in [0.05, 0.1) is 7.11 Å². The van der Waals surface area contributed by atoms with Crippen LogP contribution in [0.3, 0.4) is 0 Å². The Bertz CT molecular complexity index is 1160. The minimum atomic E-state index is -5.09. The summed E-state index contributed by atoms with van der Waals surface area (Å²) in [4.78, 5) is 27.2. The molecule has 0 aromatic heterocycles. The highest BCUT2D eigenvalue weighted by Crippen LogP contribution is 2.52. The molecule has 2 heterocycles. The van der Waals surface area contributed by atoms with E-state index in [0.717, 1.165) is 29.7 Å². The van der Waals surface area contributed by atoms with Gasteiger partial charge in [-0.3, -0.25) is 9.59 Å². The minimum absolute atomic E-state index is 0.0211. The SMILES string of the molecule is COc1ccccc1[C@@H]1CNC(=O)CC12CCN(C(=O)[C@@](OC)(c1cc(Cl)cc(Cl)c1)C(F)(F)F)CC2. The third kappa shape index (κ3) is 4.89. The van der Waals surface area contributed by atoms with E-state index in [0.29, 0.717) is 25.1 Å².